The summed E-state index contributed by atoms with van der Waals surface area (Å²) in [7, 11) is 0. The Morgan fingerprint density at radius 1 is 1.47 bits per heavy atom. The average molecular weight is 285 g/mol. The Morgan fingerprint density at radius 3 is 2.95 bits per heavy atom. The van der Waals surface area contributed by atoms with Crippen LogP contribution in [0.15, 0.2) is 12.3 Å². The van der Waals surface area contributed by atoms with E-state index in [9.17, 15) is 9.59 Å². The number of carbonyl (C=O) groups excluding carboxylic acids is 1. The molecular weight excluding hydrogens is 266 g/mol. The molecule has 0 aliphatic carbocycles. The minimum Gasteiger partial charge on any atom is -0.480 e. The molecule has 19 heavy (non-hydrogen) atoms. The highest BCUT2D eigenvalue weighted by Gasteiger charge is 2.06. The van der Waals surface area contributed by atoms with Gasteiger partial charge < -0.3 is 10.4 Å². The molecule has 0 atom stereocenters. The molecule has 0 radical (unpaired) electrons. The summed E-state index contributed by atoms with van der Waals surface area (Å²) in [4.78, 5) is 22.1. The summed E-state index contributed by atoms with van der Waals surface area (Å²) in [5.74, 6) is 1.21. The maximum atomic E-state index is 11.6. The summed E-state index contributed by atoms with van der Waals surface area (Å²) in [5, 5.41) is 15.2. The number of carboxylic acids is 1. The van der Waals surface area contributed by atoms with Crippen LogP contribution in [0.1, 0.15) is 26.2 Å². The van der Waals surface area contributed by atoms with E-state index in [4.69, 9.17) is 5.11 Å². The zero-order valence-corrected chi connectivity index (χ0v) is 11.8. The van der Waals surface area contributed by atoms with E-state index in [2.05, 4.69) is 17.3 Å². The predicted octanol–water partition coefficient (Wildman–Crippen LogP) is 1.83. The number of hydrogen-bond donors (Lipinski definition) is 2. The molecule has 1 rings (SSSR count). The Hall–Kier alpha value is -1.50. The lowest BCUT2D eigenvalue weighted by atomic mass is 10.4. The summed E-state index contributed by atoms with van der Waals surface area (Å²) >= 11 is 1.77. The van der Waals surface area contributed by atoms with Crippen molar-refractivity contribution >= 4 is 29.5 Å². The van der Waals surface area contributed by atoms with Crippen molar-refractivity contribution in [3.63, 3.8) is 0 Å². The minimum atomic E-state index is -0.965. The van der Waals surface area contributed by atoms with Crippen LogP contribution in [0.5, 0.6) is 0 Å². The van der Waals surface area contributed by atoms with E-state index in [1.807, 2.05) is 0 Å². The summed E-state index contributed by atoms with van der Waals surface area (Å²) in [6.07, 6.45) is 4.31. The van der Waals surface area contributed by atoms with Gasteiger partial charge in [-0.3, -0.25) is 14.3 Å². The lowest BCUT2D eigenvalue weighted by Crippen LogP contribution is -2.14. The second kappa shape index (κ2) is 8.58. The van der Waals surface area contributed by atoms with E-state index < -0.39 is 5.97 Å². The Balaban J connectivity index is 2.24. The molecule has 7 heteroatoms. The number of carboxylic acid groups (broad SMARTS) is 1. The predicted molar refractivity (Wildman–Crippen MR) is 75.3 cm³/mol. The van der Waals surface area contributed by atoms with Crippen LogP contribution < -0.4 is 5.32 Å². The van der Waals surface area contributed by atoms with Crippen LogP contribution in [0.3, 0.4) is 0 Å². The van der Waals surface area contributed by atoms with E-state index in [-0.39, 0.29) is 12.5 Å². The summed E-state index contributed by atoms with van der Waals surface area (Å²) < 4.78 is 1.27. The summed E-state index contributed by atoms with van der Waals surface area (Å²) in [5.41, 5.74) is 0. The van der Waals surface area contributed by atoms with Crippen LogP contribution in [-0.2, 0) is 16.1 Å². The summed E-state index contributed by atoms with van der Waals surface area (Å²) in [6, 6.07) is 1.59. The molecular formula is C12H19N3O3S. The smallest absolute Gasteiger partial charge is 0.325 e. The number of amides is 1. The molecule has 0 aliphatic heterocycles. The van der Waals surface area contributed by atoms with Gasteiger partial charge in [-0.15, -0.1) is 0 Å². The van der Waals surface area contributed by atoms with Crippen molar-refractivity contribution in [3.8, 4) is 0 Å². The van der Waals surface area contributed by atoms with E-state index in [1.54, 1.807) is 17.8 Å². The maximum absolute atomic E-state index is 11.6. The molecule has 0 saturated heterocycles. The SMILES string of the molecule is CCCCSCCC(=O)Nc1ccn(CC(=O)O)n1. The normalized spacial score (nSPS) is 10.4. The van der Waals surface area contributed by atoms with E-state index in [0.717, 1.165) is 11.5 Å². The minimum absolute atomic E-state index is 0.0930. The van der Waals surface area contributed by atoms with Gasteiger partial charge in [0.2, 0.25) is 5.91 Å². The van der Waals surface area contributed by atoms with E-state index >= 15 is 0 Å². The fraction of sp³-hybridized carbons (Fsp3) is 0.583. The zero-order valence-electron chi connectivity index (χ0n) is 11.0. The standard InChI is InChI=1S/C12H19N3O3S/c1-2-3-7-19-8-5-11(16)13-10-4-6-15(14-10)9-12(17)18/h4,6H,2-3,5,7-9H2,1H3,(H,17,18)(H,13,14,16). The van der Waals surface area contributed by atoms with E-state index in [0.29, 0.717) is 12.2 Å². The fourth-order valence-corrected chi connectivity index (χ4v) is 2.40. The zero-order chi connectivity index (χ0) is 14.1. The number of aliphatic carboxylic acids is 1. The quantitative estimate of drug-likeness (QED) is 0.676. The second-order valence-electron chi connectivity index (χ2n) is 4.06. The highest BCUT2D eigenvalue weighted by atomic mass is 32.2. The number of carbonyl (C=O) groups is 2. The number of rotatable bonds is 9. The fourth-order valence-electron chi connectivity index (χ4n) is 1.37. The van der Waals surface area contributed by atoms with Gasteiger partial charge >= 0.3 is 5.97 Å². The van der Waals surface area contributed by atoms with Gasteiger partial charge in [0.05, 0.1) is 0 Å². The molecule has 0 aromatic carbocycles. The highest BCUT2D eigenvalue weighted by Crippen LogP contribution is 2.08. The van der Waals surface area contributed by atoms with Crippen molar-refractivity contribution < 1.29 is 14.7 Å². The molecule has 1 aromatic rings. The van der Waals surface area contributed by atoms with Crippen molar-refractivity contribution in [3.05, 3.63) is 12.3 Å². The molecule has 106 valence electrons. The molecule has 1 heterocycles. The number of unbranched alkanes of at least 4 members (excludes halogenated alkanes) is 1. The van der Waals surface area contributed by atoms with Crippen LogP contribution in [0.2, 0.25) is 0 Å². The van der Waals surface area contributed by atoms with Crippen LogP contribution >= 0.6 is 11.8 Å². The van der Waals surface area contributed by atoms with Crippen LogP contribution in [-0.4, -0.2) is 38.3 Å². The monoisotopic (exact) mass is 285 g/mol. The first-order valence-electron chi connectivity index (χ1n) is 6.24. The molecule has 0 bridgehead atoms. The molecule has 0 saturated carbocycles. The first-order valence-corrected chi connectivity index (χ1v) is 7.40. The van der Waals surface area contributed by atoms with Gasteiger partial charge in [-0.1, -0.05) is 13.3 Å². The molecule has 0 fully saturated rings. The number of thioether (sulfide) groups is 1. The first-order chi connectivity index (χ1) is 9.11. The van der Waals surface area contributed by atoms with Crippen molar-refractivity contribution in [1.82, 2.24) is 9.78 Å². The molecule has 0 aliphatic rings. The Kier molecular flexibility index (Phi) is 7.02. The lowest BCUT2D eigenvalue weighted by molar-refractivity contribution is -0.137. The van der Waals surface area contributed by atoms with Gasteiger partial charge in [-0.2, -0.15) is 16.9 Å². The van der Waals surface area contributed by atoms with E-state index in [1.165, 1.54) is 23.7 Å². The molecule has 0 spiro atoms. The lowest BCUT2D eigenvalue weighted by Gasteiger charge is -2.02. The Bertz CT molecular complexity index is 420. The van der Waals surface area contributed by atoms with Crippen LogP contribution in [0, 0.1) is 0 Å². The number of anilines is 1. The van der Waals surface area contributed by atoms with Crippen molar-refractivity contribution in [1.29, 1.82) is 0 Å². The van der Waals surface area contributed by atoms with Crippen molar-refractivity contribution in [2.24, 2.45) is 0 Å². The molecule has 1 aromatic heterocycles. The van der Waals surface area contributed by atoms with Gasteiger partial charge in [0, 0.05) is 24.4 Å². The number of nitrogens with zero attached hydrogens (tertiary/aromatic N) is 2. The molecule has 2 N–H and O–H groups in total. The number of nitrogens with one attached hydrogen (secondary N) is 1. The Morgan fingerprint density at radius 2 is 2.26 bits per heavy atom. The number of hydrogen-bond acceptors (Lipinski definition) is 4. The maximum Gasteiger partial charge on any atom is 0.325 e. The van der Waals surface area contributed by atoms with Gasteiger partial charge in [0.25, 0.3) is 0 Å². The number of aromatic nitrogens is 2. The van der Waals surface area contributed by atoms with Crippen molar-refractivity contribution in [2.75, 3.05) is 16.8 Å². The van der Waals surface area contributed by atoms with Gasteiger partial charge in [0.1, 0.15) is 6.54 Å². The molecule has 0 unspecified atom stereocenters. The first kappa shape index (κ1) is 15.6. The second-order valence-corrected chi connectivity index (χ2v) is 5.28. The van der Waals surface area contributed by atoms with Gasteiger partial charge in [-0.25, -0.2) is 0 Å². The molecule has 1 amide bonds. The van der Waals surface area contributed by atoms with Gasteiger partial charge in [0.15, 0.2) is 5.82 Å². The third-order valence-corrected chi connectivity index (χ3v) is 3.39. The molecule has 6 nitrogen and oxygen atoms in total. The van der Waals surface area contributed by atoms with Crippen molar-refractivity contribution in [2.45, 2.75) is 32.7 Å². The summed E-state index contributed by atoms with van der Waals surface area (Å²) in [6.45, 7) is 1.93. The van der Waals surface area contributed by atoms with Gasteiger partial charge in [-0.05, 0) is 12.2 Å². The largest absolute Gasteiger partial charge is 0.480 e. The highest BCUT2D eigenvalue weighted by molar-refractivity contribution is 7.99. The third kappa shape index (κ3) is 6.85. The third-order valence-electron chi connectivity index (χ3n) is 2.32. The van der Waals surface area contributed by atoms with Crippen LogP contribution in [0.4, 0.5) is 5.82 Å². The Labute approximate surface area is 116 Å². The van der Waals surface area contributed by atoms with Crippen LogP contribution in [0.25, 0.3) is 0 Å². The average Bonchev–Trinajstić information content (AvgIpc) is 2.75. The topological polar surface area (TPSA) is 84.2 Å².